The number of ether oxygens (including phenoxy) is 1. The van der Waals surface area contributed by atoms with Crippen molar-refractivity contribution >= 4 is 54.8 Å². The van der Waals surface area contributed by atoms with Crippen LogP contribution in [0.1, 0.15) is 16.5 Å². The second kappa shape index (κ2) is 6.59. The largest absolute Gasteiger partial charge is 0.495 e. The van der Waals surface area contributed by atoms with Crippen molar-refractivity contribution in [3.63, 3.8) is 0 Å². The Morgan fingerprint density at radius 3 is 2.58 bits per heavy atom. The molecule has 6 heteroatoms. The van der Waals surface area contributed by atoms with Crippen molar-refractivity contribution in [1.82, 2.24) is 5.32 Å². The Morgan fingerprint density at radius 2 is 2.05 bits per heavy atom. The van der Waals surface area contributed by atoms with Gasteiger partial charge in [-0.05, 0) is 62.5 Å². The highest BCUT2D eigenvalue weighted by atomic mass is 79.9. The van der Waals surface area contributed by atoms with Gasteiger partial charge in [-0.2, -0.15) is 0 Å². The molecule has 1 atom stereocenters. The Hall–Kier alpha value is -0.0700. The van der Waals surface area contributed by atoms with E-state index in [2.05, 4.69) is 42.6 Å². The van der Waals surface area contributed by atoms with Crippen LogP contribution in [-0.2, 0) is 0 Å². The number of methoxy groups -OCH3 is 1. The van der Waals surface area contributed by atoms with E-state index in [1.54, 1.807) is 18.4 Å². The molecule has 0 radical (unpaired) electrons. The van der Waals surface area contributed by atoms with Crippen LogP contribution in [0.25, 0.3) is 0 Å². The van der Waals surface area contributed by atoms with Gasteiger partial charge in [0.15, 0.2) is 0 Å². The van der Waals surface area contributed by atoms with Gasteiger partial charge in [-0.1, -0.05) is 11.6 Å². The van der Waals surface area contributed by atoms with Gasteiger partial charge in [-0.15, -0.1) is 11.3 Å². The molecule has 2 rings (SSSR count). The Kier molecular flexibility index (Phi) is 5.31. The van der Waals surface area contributed by atoms with E-state index in [0.717, 1.165) is 20.3 Å². The predicted molar refractivity (Wildman–Crippen MR) is 88.6 cm³/mol. The van der Waals surface area contributed by atoms with Gasteiger partial charge in [0.1, 0.15) is 5.75 Å². The fourth-order valence-corrected chi connectivity index (χ4v) is 4.67. The summed E-state index contributed by atoms with van der Waals surface area (Å²) in [5.41, 5.74) is 1.01. The van der Waals surface area contributed by atoms with Crippen LogP contribution in [0.2, 0.25) is 5.02 Å². The summed E-state index contributed by atoms with van der Waals surface area (Å²) in [6.45, 7) is 0. The number of thiophene rings is 1. The van der Waals surface area contributed by atoms with Crippen LogP contribution in [-0.4, -0.2) is 14.2 Å². The third-order valence-corrected chi connectivity index (χ3v) is 5.49. The zero-order chi connectivity index (χ0) is 14.0. The first-order valence-corrected chi connectivity index (χ1v) is 8.36. The van der Waals surface area contributed by atoms with E-state index < -0.39 is 0 Å². The summed E-state index contributed by atoms with van der Waals surface area (Å²) in [6, 6.07) is 5.83. The molecule has 0 spiro atoms. The van der Waals surface area contributed by atoms with Gasteiger partial charge in [-0.3, -0.25) is 0 Å². The van der Waals surface area contributed by atoms with Crippen molar-refractivity contribution < 1.29 is 4.74 Å². The third kappa shape index (κ3) is 3.16. The summed E-state index contributed by atoms with van der Waals surface area (Å²) in [5, 5.41) is 6.04. The molecular weight excluding hydrogens is 413 g/mol. The molecular formula is C13H12Br2ClNOS. The molecule has 0 fully saturated rings. The van der Waals surface area contributed by atoms with E-state index in [1.165, 1.54) is 4.88 Å². The van der Waals surface area contributed by atoms with Crippen LogP contribution in [0.15, 0.2) is 32.5 Å². The fraction of sp³-hybridized carbons (Fsp3) is 0.231. The number of hydrogen-bond acceptors (Lipinski definition) is 3. The van der Waals surface area contributed by atoms with Crippen molar-refractivity contribution in [3.8, 4) is 5.75 Å². The lowest BCUT2D eigenvalue weighted by Gasteiger charge is -2.20. The number of nitrogens with one attached hydrogen (secondary N) is 1. The van der Waals surface area contributed by atoms with Crippen molar-refractivity contribution in [2.24, 2.45) is 0 Å². The second-order valence-corrected chi connectivity index (χ2v) is 6.96. The summed E-state index contributed by atoms with van der Waals surface area (Å²) in [7, 11) is 3.58. The SMILES string of the molecule is CNC(c1cc(Cl)cc(Br)c1OC)c1sccc1Br. The monoisotopic (exact) mass is 423 g/mol. The summed E-state index contributed by atoms with van der Waals surface area (Å²) in [6.07, 6.45) is 0. The average Bonchev–Trinajstić information content (AvgIpc) is 2.76. The van der Waals surface area contributed by atoms with Gasteiger partial charge in [0, 0.05) is 19.9 Å². The van der Waals surface area contributed by atoms with Crippen molar-refractivity contribution in [3.05, 3.63) is 48.0 Å². The number of halogens is 3. The summed E-state index contributed by atoms with van der Waals surface area (Å²) in [5.74, 6) is 0.795. The van der Waals surface area contributed by atoms with Crippen LogP contribution in [0.4, 0.5) is 0 Å². The first kappa shape index (κ1) is 15.3. The van der Waals surface area contributed by atoms with Crippen molar-refractivity contribution in [1.29, 1.82) is 0 Å². The number of benzene rings is 1. The lowest BCUT2D eigenvalue weighted by Crippen LogP contribution is -2.18. The quantitative estimate of drug-likeness (QED) is 0.723. The lowest BCUT2D eigenvalue weighted by atomic mass is 10.0. The molecule has 2 nitrogen and oxygen atoms in total. The summed E-state index contributed by atoms with van der Waals surface area (Å²) in [4.78, 5) is 1.19. The Labute approximate surface area is 138 Å². The molecule has 102 valence electrons. The first-order chi connectivity index (χ1) is 9.08. The van der Waals surface area contributed by atoms with E-state index in [1.807, 2.05) is 25.2 Å². The zero-order valence-electron chi connectivity index (χ0n) is 10.3. The summed E-state index contributed by atoms with van der Waals surface area (Å²) >= 11 is 14.9. The van der Waals surface area contributed by atoms with Crippen LogP contribution in [0.3, 0.4) is 0 Å². The van der Waals surface area contributed by atoms with Crippen LogP contribution in [0.5, 0.6) is 5.75 Å². The fourth-order valence-electron chi connectivity index (χ4n) is 1.95. The lowest BCUT2D eigenvalue weighted by molar-refractivity contribution is 0.403. The zero-order valence-corrected chi connectivity index (χ0v) is 15.1. The standard InChI is InChI=1S/C13H12Br2ClNOS/c1-17-11(13-9(14)3-4-19-13)8-5-7(16)6-10(15)12(8)18-2/h3-6,11,17H,1-2H3. The van der Waals surface area contributed by atoms with E-state index >= 15 is 0 Å². The molecule has 1 heterocycles. The van der Waals surface area contributed by atoms with Crippen LogP contribution in [0, 0.1) is 0 Å². The number of rotatable bonds is 4. The van der Waals surface area contributed by atoms with Gasteiger partial charge >= 0.3 is 0 Å². The van der Waals surface area contributed by atoms with Gasteiger partial charge in [0.05, 0.1) is 17.6 Å². The molecule has 1 aromatic heterocycles. The average molecular weight is 426 g/mol. The van der Waals surface area contributed by atoms with E-state index in [0.29, 0.717) is 5.02 Å². The second-order valence-electron chi connectivity index (χ2n) is 3.86. The minimum atomic E-state index is 0.0272. The smallest absolute Gasteiger partial charge is 0.138 e. The molecule has 1 N–H and O–H groups in total. The minimum absolute atomic E-state index is 0.0272. The van der Waals surface area contributed by atoms with E-state index in [9.17, 15) is 0 Å². The Balaban J connectivity index is 2.58. The maximum atomic E-state index is 6.16. The van der Waals surface area contributed by atoms with Gasteiger partial charge in [0.25, 0.3) is 0 Å². The molecule has 1 unspecified atom stereocenters. The third-order valence-electron chi connectivity index (χ3n) is 2.75. The van der Waals surface area contributed by atoms with Crippen LogP contribution >= 0.6 is 54.8 Å². The molecule has 0 aliphatic heterocycles. The highest BCUT2D eigenvalue weighted by Crippen LogP contribution is 2.41. The van der Waals surface area contributed by atoms with Gasteiger partial charge < -0.3 is 10.1 Å². The minimum Gasteiger partial charge on any atom is -0.495 e. The Bertz CT molecular complexity index is 588. The molecule has 0 aliphatic rings. The maximum Gasteiger partial charge on any atom is 0.138 e. The highest BCUT2D eigenvalue weighted by Gasteiger charge is 2.22. The van der Waals surface area contributed by atoms with Crippen LogP contribution < -0.4 is 10.1 Å². The molecule has 2 aromatic rings. The van der Waals surface area contributed by atoms with E-state index in [4.69, 9.17) is 16.3 Å². The van der Waals surface area contributed by atoms with Crippen molar-refractivity contribution in [2.45, 2.75) is 6.04 Å². The maximum absolute atomic E-state index is 6.16. The first-order valence-electron chi connectivity index (χ1n) is 5.51. The van der Waals surface area contributed by atoms with E-state index in [-0.39, 0.29) is 6.04 Å². The molecule has 0 saturated carbocycles. The molecule has 0 amide bonds. The molecule has 0 aliphatic carbocycles. The van der Waals surface area contributed by atoms with Crippen molar-refractivity contribution in [2.75, 3.05) is 14.2 Å². The Morgan fingerprint density at radius 1 is 1.32 bits per heavy atom. The summed E-state index contributed by atoms with van der Waals surface area (Å²) < 4.78 is 7.43. The van der Waals surface area contributed by atoms with Gasteiger partial charge in [0.2, 0.25) is 0 Å². The predicted octanol–water partition coefficient (Wildman–Crippen LogP) is 5.24. The highest BCUT2D eigenvalue weighted by molar-refractivity contribution is 9.10. The molecule has 1 aromatic carbocycles. The molecule has 19 heavy (non-hydrogen) atoms. The van der Waals surface area contributed by atoms with Gasteiger partial charge in [-0.25, -0.2) is 0 Å². The molecule has 0 saturated heterocycles. The molecule has 0 bridgehead atoms. The normalized spacial score (nSPS) is 12.5. The number of hydrogen-bond donors (Lipinski definition) is 1. The topological polar surface area (TPSA) is 21.3 Å².